The minimum absolute atomic E-state index is 0.00801. The molecule has 0 saturated carbocycles. The Labute approximate surface area is 190 Å². The maximum atomic E-state index is 12.1. The molecule has 174 valence electrons. The van der Waals surface area contributed by atoms with Gasteiger partial charge in [0.1, 0.15) is 17.2 Å². The summed E-state index contributed by atoms with van der Waals surface area (Å²) < 4.78 is 16.2. The Morgan fingerprint density at radius 1 is 0.750 bits per heavy atom. The van der Waals surface area contributed by atoms with Crippen LogP contribution in [0.3, 0.4) is 0 Å². The van der Waals surface area contributed by atoms with Crippen molar-refractivity contribution < 1.29 is 23.8 Å². The molecular formula is C25H34N2O5. The van der Waals surface area contributed by atoms with Crippen molar-refractivity contribution in [2.75, 3.05) is 20.3 Å². The van der Waals surface area contributed by atoms with Crippen molar-refractivity contribution >= 4 is 11.8 Å². The van der Waals surface area contributed by atoms with Gasteiger partial charge in [0.25, 0.3) is 11.8 Å². The Kier molecular flexibility index (Phi) is 8.14. The molecule has 2 rings (SSSR count). The van der Waals surface area contributed by atoms with Crippen molar-refractivity contribution in [1.29, 1.82) is 0 Å². The van der Waals surface area contributed by atoms with Gasteiger partial charge in [-0.3, -0.25) is 20.4 Å². The molecule has 0 saturated heterocycles. The molecule has 2 amide bonds. The fraction of sp³-hybridized carbons (Fsp3) is 0.440. The van der Waals surface area contributed by atoms with Crippen LogP contribution >= 0.6 is 0 Å². The summed E-state index contributed by atoms with van der Waals surface area (Å²) in [6.07, 6.45) is 0. The van der Waals surface area contributed by atoms with Crippen LogP contribution in [0.15, 0.2) is 42.5 Å². The van der Waals surface area contributed by atoms with Crippen LogP contribution in [-0.4, -0.2) is 32.1 Å². The summed E-state index contributed by atoms with van der Waals surface area (Å²) in [5.41, 5.74) is 6.73. The summed E-state index contributed by atoms with van der Waals surface area (Å²) in [4.78, 5) is 24.1. The molecule has 2 aromatic rings. The third-order valence-corrected chi connectivity index (χ3v) is 4.78. The first-order chi connectivity index (χ1) is 14.9. The van der Waals surface area contributed by atoms with Crippen molar-refractivity contribution in [1.82, 2.24) is 10.9 Å². The van der Waals surface area contributed by atoms with E-state index in [-0.39, 0.29) is 24.0 Å². The number of benzene rings is 2. The second-order valence-corrected chi connectivity index (χ2v) is 9.56. The summed E-state index contributed by atoms with van der Waals surface area (Å²) in [5, 5.41) is 0. The Morgan fingerprint density at radius 3 is 1.78 bits per heavy atom. The first kappa shape index (κ1) is 25.0. The van der Waals surface area contributed by atoms with Gasteiger partial charge in [0.05, 0.1) is 7.11 Å². The summed E-state index contributed by atoms with van der Waals surface area (Å²) in [6, 6.07) is 12.9. The zero-order valence-electron chi connectivity index (χ0n) is 20.0. The summed E-state index contributed by atoms with van der Waals surface area (Å²) in [7, 11) is 1.57. The molecule has 0 aliphatic heterocycles. The van der Waals surface area contributed by atoms with Crippen LogP contribution in [0.2, 0.25) is 0 Å². The topological polar surface area (TPSA) is 85.9 Å². The van der Waals surface area contributed by atoms with E-state index in [4.69, 9.17) is 14.2 Å². The molecule has 0 atom stereocenters. The number of amides is 2. The van der Waals surface area contributed by atoms with Gasteiger partial charge in [-0.1, -0.05) is 53.7 Å². The quantitative estimate of drug-likeness (QED) is 0.636. The van der Waals surface area contributed by atoms with Gasteiger partial charge in [0, 0.05) is 0 Å². The van der Waals surface area contributed by atoms with Crippen LogP contribution in [0.4, 0.5) is 0 Å². The molecule has 7 heteroatoms. The largest absolute Gasteiger partial charge is 0.497 e. The van der Waals surface area contributed by atoms with E-state index >= 15 is 0 Å². The Balaban J connectivity index is 1.86. The minimum atomic E-state index is -0.487. The van der Waals surface area contributed by atoms with Crippen LogP contribution in [0.1, 0.15) is 52.7 Å². The highest BCUT2D eigenvalue weighted by Crippen LogP contribution is 2.35. The maximum Gasteiger partial charge on any atom is 0.276 e. The average molecular weight is 443 g/mol. The molecule has 7 nitrogen and oxygen atoms in total. The molecule has 0 spiro atoms. The minimum Gasteiger partial charge on any atom is -0.497 e. The Morgan fingerprint density at radius 2 is 1.28 bits per heavy atom. The highest BCUT2D eigenvalue weighted by atomic mass is 16.5. The second-order valence-electron chi connectivity index (χ2n) is 9.56. The van der Waals surface area contributed by atoms with Gasteiger partial charge in [-0.15, -0.1) is 0 Å². The number of carbonyl (C=O) groups is 2. The standard InChI is InChI=1S/C25H34N2O5/c1-24(2,3)17-8-13-21(20(14-17)25(4,5)6)32-16-23(29)27-26-22(28)15-31-19-11-9-18(30-7)10-12-19/h8-14H,15-16H2,1-7H3,(H,26,28)(H,27,29). The predicted molar refractivity (Wildman–Crippen MR) is 124 cm³/mol. The van der Waals surface area contributed by atoms with E-state index < -0.39 is 11.8 Å². The van der Waals surface area contributed by atoms with E-state index in [2.05, 4.69) is 58.5 Å². The van der Waals surface area contributed by atoms with E-state index in [0.29, 0.717) is 17.2 Å². The molecule has 2 N–H and O–H groups in total. The first-order valence-electron chi connectivity index (χ1n) is 10.5. The van der Waals surface area contributed by atoms with Gasteiger partial charge >= 0.3 is 0 Å². The molecule has 0 aliphatic carbocycles. The zero-order valence-corrected chi connectivity index (χ0v) is 20.0. The molecule has 32 heavy (non-hydrogen) atoms. The van der Waals surface area contributed by atoms with Crippen LogP contribution in [-0.2, 0) is 20.4 Å². The number of ether oxygens (including phenoxy) is 3. The smallest absolute Gasteiger partial charge is 0.276 e. The fourth-order valence-corrected chi connectivity index (χ4v) is 2.88. The molecule has 0 unspecified atom stereocenters. The number of carbonyl (C=O) groups excluding carboxylic acids is 2. The molecule has 2 aromatic carbocycles. The number of rotatable bonds is 7. The SMILES string of the molecule is COc1ccc(OCC(=O)NNC(=O)COc2ccc(C(C)(C)C)cc2C(C)(C)C)cc1. The van der Waals surface area contributed by atoms with Gasteiger partial charge in [-0.25, -0.2) is 0 Å². The molecule has 0 radical (unpaired) electrons. The second kappa shape index (κ2) is 10.4. The summed E-state index contributed by atoms with van der Waals surface area (Å²) in [5.74, 6) is 0.900. The lowest BCUT2D eigenvalue weighted by Gasteiger charge is -2.27. The lowest BCUT2D eigenvalue weighted by molar-refractivity contribution is -0.131. The third-order valence-electron chi connectivity index (χ3n) is 4.78. The number of nitrogens with one attached hydrogen (secondary N) is 2. The lowest BCUT2D eigenvalue weighted by atomic mass is 9.80. The summed E-state index contributed by atoms with van der Waals surface area (Å²) >= 11 is 0. The van der Waals surface area contributed by atoms with E-state index in [1.807, 2.05) is 12.1 Å². The van der Waals surface area contributed by atoms with E-state index in [0.717, 1.165) is 5.56 Å². The molecule has 0 aliphatic rings. The van der Waals surface area contributed by atoms with Crippen molar-refractivity contribution in [3.63, 3.8) is 0 Å². The monoisotopic (exact) mass is 442 g/mol. The predicted octanol–water partition coefficient (Wildman–Crippen LogP) is 3.90. The van der Waals surface area contributed by atoms with Gasteiger partial charge in [0.15, 0.2) is 13.2 Å². The first-order valence-corrected chi connectivity index (χ1v) is 10.5. The van der Waals surface area contributed by atoms with Gasteiger partial charge in [-0.05, 0) is 52.3 Å². The Bertz CT molecular complexity index is 925. The number of hydrazine groups is 1. The average Bonchev–Trinajstić information content (AvgIpc) is 2.73. The van der Waals surface area contributed by atoms with Crippen LogP contribution in [0, 0.1) is 0 Å². The molecule has 0 fully saturated rings. The van der Waals surface area contributed by atoms with Gasteiger partial charge < -0.3 is 14.2 Å². The van der Waals surface area contributed by atoms with Crippen LogP contribution in [0.5, 0.6) is 17.2 Å². The maximum absolute atomic E-state index is 12.1. The van der Waals surface area contributed by atoms with Crippen molar-refractivity contribution in [2.24, 2.45) is 0 Å². The van der Waals surface area contributed by atoms with E-state index in [1.165, 1.54) is 5.56 Å². The summed E-state index contributed by atoms with van der Waals surface area (Å²) in [6.45, 7) is 12.3. The van der Waals surface area contributed by atoms with Crippen molar-refractivity contribution in [3.8, 4) is 17.2 Å². The van der Waals surface area contributed by atoms with Crippen LogP contribution < -0.4 is 25.1 Å². The normalized spacial score (nSPS) is 11.5. The highest BCUT2D eigenvalue weighted by molar-refractivity contribution is 5.83. The van der Waals surface area contributed by atoms with E-state index in [1.54, 1.807) is 31.4 Å². The number of hydrogen-bond donors (Lipinski definition) is 2. The van der Waals surface area contributed by atoms with E-state index in [9.17, 15) is 9.59 Å². The molecule has 0 bridgehead atoms. The van der Waals surface area contributed by atoms with Crippen molar-refractivity contribution in [2.45, 2.75) is 52.4 Å². The lowest BCUT2D eigenvalue weighted by Crippen LogP contribution is -2.45. The number of hydrogen-bond acceptors (Lipinski definition) is 5. The molecule has 0 heterocycles. The van der Waals surface area contributed by atoms with Crippen molar-refractivity contribution in [3.05, 3.63) is 53.6 Å². The van der Waals surface area contributed by atoms with Gasteiger partial charge in [-0.2, -0.15) is 0 Å². The fourth-order valence-electron chi connectivity index (χ4n) is 2.88. The van der Waals surface area contributed by atoms with Crippen LogP contribution in [0.25, 0.3) is 0 Å². The zero-order chi connectivity index (χ0) is 23.9. The van der Waals surface area contributed by atoms with Gasteiger partial charge in [0.2, 0.25) is 0 Å². The third kappa shape index (κ3) is 7.48. The molecular weight excluding hydrogens is 408 g/mol. The number of methoxy groups -OCH3 is 1. The molecule has 0 aromatic heterocycles. The Hall–Kier alpha value is -3.22. The highest BCUT2D eigenvalue weighted by Gasteiger charge is 2.23.